The van der Waals surface area contributed by atoms with Gasteiger partial charge in [-0.15, -0.1) is 24.0 Å². The first kappa shape index (κ1) is 22.9. The first-order valence-corrected chi connectivity index (χ1v) is 8.94. The van der Waals surface area contributed by atoms with Gasteiger partial charge in [-0.1, -0.05) is 12.8 Å². The standard InChI is InChI=1S/C17H35N3O2.HI/c1-4-18-16(19-12-14-22-6-3)20-15-17(9-7-8-10-17)11-13-21-5-2;/h4-15H2,1-3H3,(H2,18,19,20);1H. The highest BCUT2D eigenvalue weighted by molar-refractivity contribution is 14.0. The van der Waals surface area contributed by atoms with Gasteiger partial charge >= 0.3 is 0 Å². The van der Waals surface area contributed by atoms with E-state index in [1.165, 1.54) is 25.7 Å². The largest absolute Gasteiger partial charge is 0.382 e. The lowest BCUT2D eigenvalue weighted by molar-refractivity contribution is 0.107. The summed E-state index contributed by atoms with van der Waals surface area (Å²) in [5, 5.41) is 6.67. The maximum Gasteiger partial charge on any atom is 0.191 e. The zero-order chi connectivity index (χ0) is 16.1. The normalized spacial score (nSPS) is 16.9. The SMILES string of the molecule is CCNC(=NCC1(CCOCC)CCCC1)NCCOCC.I. The van der Waals surface area contributed by atoms with Crippen LogP contribution in [0.4, 0.5) is 0 Å². The molecule has 0 unspecified atom stereocenters. The lowest BCUT2D eigenvalue weighted by Crippen LogP contribution is -2.40. The fourth-order valence-corrected chi connectivity index (χ4v) is 3.02. The van der Waals surface area contributed by atoms with E-state index in [1.807, 2.05) is 6.92 Å². The molecule has 1 saturated carbocycles. The Balaban J connectivity index is 0.00000484. The van der Waals surface area contributed by atoms with Crippen molar-refractivity contribution in [1.82, 2.24) is 10.6 Å². The summed E-state index contributed by atoms with van der Waals surface area (Å²) in [6.07, 6.45) is 6.35. The molecule has 0 aliphatic heterocycles. The minimum Gasteiger partial charge on any atom is -0.382 e. The zero-order valence-corrected chi connectivity index (χ0v) is 17.5. The Morgan fingerprint density at radius 2 is 1.65 bits per heavy atom. The number of nitrogens with zero attached hydrogens (tertiary/aromatic N) is 1. The van der Waals surface area contributed by atoms with Crippen molar-refractivity contribution in [2.24, 2.45) is 10.4 Å². The molecule has 2 N–H and O–H groups in total. The Morgan fingerprint density at radius 3 is 2.26 bits per heavy atom. The van der Waals surface area contributed by atoms with Gasteiger partial charge in [0.25, 0.3) is 0 Å². The van der Waals surface area contributed by atoms with Gasteiger partial charge in [-0.25, -0.2) is 0 Å². The van der Waals surface area contributed by atoms with E-state index < -0.39 is 0 Å². The highest BCUT2D eigenvalue weighted by Crippen LogP contribution is 2.41. The molecule has 0 radical (unpaired) electrons. The van der Waals surface area contributed by atoms with Gasteiger partial charge in [0, 0.05) is 39.5 Å². The van der Waals surface area contributed by atoms with Crippen molar-refractivity contribution in [1.29, 1.82) is 0 Å². The van der Waals surface area contributed by atoms with Crippen LogP contribution in [0.2, 0.25) is 0 Å². The predicted octanol–water partition coefficient (Wildman–Crippen LogP) is 3.18. The van der Waals surface area contributed by atoms with E-state index in [1.54, 1.807) is 0 Å². The summed E-state index contributed by atoms with van der Waals surface area (Å²) in [6.45, 7) is 11.9. The number of hydrogen-bond acceptors (Lipinski definition) is 3. The molecule has 0 amide bonds. The predicted molar refractivity (Wildman–Crippen MR) is 108 cm³/mol. The van der Waals surface area contributed by atoms with Gasteiger partial charge in [-0.3, -0.25) is 4.99 Å². The van der Waals surface area contributed by atoms with Crippen molar-refractivity contribution in [2.45, 2.75) is 52.9 Å². The Morgan fingerprint density at radius 1 is 1.00 bits per heavy atom. The summed E-state index contributed by atoms with van der Waals surface area (Å²) in [5.41, 5.74) is 0.345. The summed E-state index contributed by atoms with van der Waals surface area (Å²) >= 11 is 0. The molecule has 5 nitrogen and oxygen atoms in total. The number of guanidine groups is 1. The third kappa shape index (κ3) is 9.72. The topological polar surface area (TPSA) is 54.9 Å². The Bertz CT molecular complexity index is 308. The lowest BCUT2D eigenvalue weighted by atomic mass is 9.83. The first-order chi connectivity index (χ1) is 10.8. The van der Waals surface area contributed by atoms with Crippen molar-refractivity contribution in [3.63, 3.8) is 0 Å². The van der Waals surface area contributed by atoms with Crippen LogP contribution in [0.25, 0.3) is 0 Å². The molecule has 1 rings (SSSR count). The molecule has 6 heteroatoms. The molecule has 0 heterocycles. The van der Waals surface area contributed by atoms with Gasteiger partial charge in [-0.05, 0) is 45.4 Å². The van der Waals surface area contributed by atoms with Gasteiger partial charge in [0.1, 0.15) is 0 Å². The number of aliphatic imine (C=N–C) groups is 1. The van der Waals surface area contributed by atoms with Crippen molar-refractivity contribution in [3.05, 3.63) is 0 Å². The highest BCUT2D eigenvalue weighted by atomic mass is 127. The van der Waals surface area contributed by atoms with Gasteiger partial charge in [0.05, 0.1) is 6.61 Å². The molecule has 0 saturated heterocycles. The van der Waals surface area contributed by atoms with E-state index in [0.29, 0.717) is 5.41 Å². The molecule has 0 aromatic rings. The lowest BCUT2D eigenvalue weighted by Gasteiger charge is -2.27. The fourth-order valence-electron chi connectivity index (χ4n) is 3.02. The van der Waals surface area contributed by atoms with E-state index in [0.717, 1.165) is 58.4 Å². The van der Waals surface area contributed by atoms with Crippen molar-refractivity contribution < 1.29 is 9.47 Å². The molecule has 0 aromatic carbocycles. The van der Waals surface area contributed by atoms with E-state index >= 15 is 0 Å². The van der Waals surface area contributed by atoms with Crippen LogP contribution in [0, 0.1) is 5.41 Å². The van der Waals surface area contributed by atoms with E-state index in [4.69, 9.17) is 14.5 Å². The summed E-state index contributed by atoms with van der Waals surface area (Å²) in [6, 6.07) is 0. The third-order valence-corrected chi connectivity index (χ3v) is 4.30. The third-order valence-electron chi connectivity index (χ3n) is 4.30. The summed E-state index contributed by atoms with van der Waals surface area (Å²) in [7, 11) is 0. The molecule has 0 atom stereocenters. The molecular weight excluding hydrogens is 405 g/mol. The summed E-state index contributed by atoms with van der Waals surface area (Å²) < 4.78 is 10.9. The quantitative estimate of drug-likeness (QED) is 0.224. The second-order valence-corrected chi connectivity index (χ2v) is 5.97. The average Bonchev–Trinajstić information content (AvgIpc) is 2.98. The van der Waals surface area contributed by atoms with Crippen molar-refractivity contribution in [3.8, 4) is 0 Å². The molecule has 0 spiro atoms. The van der Waals surface area contributed by atoms with Crippen LogP contribution < -0.4 is 10.6 Å². The molecule has 0 bridgehead atoms. The Kier molecular flexibility index (Phi) is 14.2. The first-order valence-electron chi connectivity index (χ1n) is 8.94. The number of ether oxygens (including phenoxy) is 2. The summed E-state index contributed by atoms with van der Waals surface area (Å²) in [4.78, 5) is 4.83. The van der Waals surface area contributed by atoms with E-state index in [2.05, 4.69) is 24.5 Å². The van der Waals surface area contributed by atoms with Crippen LogP contribution in [0.3, 0.4) is 0 Å². The number of nitrogens with one attached hydrogen (secondary N) is 2. The minimum absolute atomic E-state index is 0. The van der Waals surface area contributed by atoms with Crippen LogP contribution in [-0.2, 0) is 9.47 Å². The van der Waals surface area contributed by atoms with E-state index in [-0.39, 0.29) is 24.0 Å². The number of halogens is 1. The van der Waals surface area contributed by atoms with Gasteiger partial charge in [-0.2, -0.15) is 0 Å². The van der Waals surface area contributed by atoms with E-state index in [9.17, 15) is 0 Å². The molecule has 1 aliphatic carbocycles. The Hall–Kier alpha value is -0.0800. The van der Waals surface area contributed by atoms with Crippen LogP contribution >= 0.6 is 24.0 Å². The molecule has 1 aliphatic rings. The summed E-state index contributed by atoms with van der Waals surface area (Å²) in [5.74, 6) is 0.907. The minimum atomic E-state index is 0. The smallest absolute Gasteiger partial charge is 0.191 e. The second kappa shape index (κ2) is 14.3. The second-order valence-electron chi connectivity index (χ2n) is 5.97. The number of rotatable bonds is 11. The molecular formula is C17H36IN3O2. The maximum absolute atomic E-state index is 5.57. The van der Waals surface area contributed by atoms with Gasteiger partial charge < -0.3 is 20.1 Å². The average molecular weight is 441 g/mol. The van der Waals surface area contributed by atoms with Crippen LogP contribution in [0.5, 0.6) is 0 Å². The molecule has 23 heavy (non-hydrogen) atoms. The van der Waals surface area contributed by atoms with Crippen LogP contribution in [0.15, 0.2) is 4.99 Å². The zero-order valence-electron chi connectivity index (χ0n) is 15.2. The van der Waals surface area contributed by atoms with Crippen molar-refractivity contribution >= 4 is 29.9 Å². The van der Waals surface area contributed by atoms with Gasteiger partial charge in [0.15, 0.2) is 5.96 Å². The van der Waals surface area contributed by atoms with Crippen LogP contribution in [0.1, 0.15) is 52.9 Å². The highest BCUT2D eigenvalue weighted by Gasteiger charge is 2.33. The number of hydrogen-bond donors (Lipinski definition) is 2. The van der Waals surface area contributed by atoms with Crippen molar-refractivity contribution in [2.75, 3.05) is 46.1 Å². The van der Waals surface area contributed by atoms with Gasteiger partial charge in [0.2, 0.25) is 0 Å². The molecule has 0 aromatic heterocycles. The monoisotopic (exact) mass is 441 g/mol. The Labute approximate surface area is 159 Å². The van der Waals surface area contributed by atoms with Crippen LogP contribution in [-0.4, -0.2) is 52.0 Å². The maximum atomic E-state index is 5.57. The molecule has 1 fully saturated rings. The molecule has 138 valence electrons. The fraction of sp³-hybridized carbons (Fsp3) is 0.941.